The Morgan fingerprint density at radius 2 is 1.62 bits per heavy atom. The normalized spacial score (nSPS) is 12.6. The number of benzene rings is 3. The van der Waals surface area contributed by atoms with Crippen LogP contribution in [0.2, 0.25) is 0 Å². The molecule has 0 heterocycles. The summed E-state index contributed by atoms with van der Waals surface area (Å²) in [4.78, 5) is 25.0. The van der Waals surface area contributed by atoms with Crippen LogP contribution in [0.1, 0.15) is 22.3 Å². The summed E-state index contributed by atoms with van der Waals surface area (Å²) in [5.41, 5.74) is 9.42. The van der Waals surface area contributed by atoms with Gasteiger partial charge in [-0.05, 0) is 23.3 Å². The quantitative estimate of drug-likeness (QED) is 0.285. The fourth-order valence-corrected chi connectivity index (χ4v) is 3.66. The van der Waals surface area contributed by atoms with Crippen LogP contribution in [0.4, 0.5) is 14.5 Å². The second-order valence-corrected chi connectivity index (χ2v) is 7.68. The van der Waals surface area contributed by atoms with E-state index in [1.54, 1.807) is 42.5 Å². The fourth-order valence-electron chi connectivity index (χ4n) is 3.66. The second kappa shape index (κ2) is 10.2. The summed E-state index contributed by atoms with van der Waals surface area (Å²) in [6, 6.07) is 17.0. The predicted molar refractivity (Wildman–Crippen MR) is 124 cm³/mol. The summed E-state index contributed by atoms with van der Waals surface area (Å²) in [5, 5.41) is 9.90. The van der Waals surface area contributed by atoms with Crippen LogP contribution in [-0.2, 0) is 32.8 Å². The third-order valence-corrected chi connectivity index (χ3v) is 5.44. The van der Waals surface area contributed by atoms with Crippen molar-refractivity contribution in [2.45, 2.75) is 18.4 Å². The summed E-state index contributed by atoms with van der Waals surface area (Å²) < 4.78 is 35.9. The summed E-state index contributed by atoms with van der Waals surface area (Å²) in [5.74, 6) is -4.02. The van der Waals surface area contributed by atoms with Gasteiger partial charge in [0.15, 0.2) is 11.4 Å². The number of nitrogen functional groups attached to an aromatic ring is 1. The summed E-state index contributed by atoms with van der Waals surface area (Å²) in [6.45, 7) is 0. The van der Waals surface area contributed by atoms with Gasteiger partial charge in [-0.2, -0.15) is 0 Å². The van der Waals surface area contributed by atoms with Crippen molar-refractivity contribution in [3.8, 4) is 0 Å². The van der Waals surface area contributed by atoms with E-state index in [2.05, 4.69) is 5.32 Å². The maximum atomic E-state index is 15.6. The first-order valence-electron chi connectivity index (χ1n) is 10.3. The van der Waals surface area contributed by atoms with Gasteiger partial charge >= 0.3 is 0 Å². The molecular formula is C25H24F2N4O3. The van der Waals surface area contributed by atoms with Crippen LogP contribution >= 0.6 is 0 Å². The van der Waals surface area contributed by atoms with Crippen molar-refractivity contribution >= 4 is 23.3 Å². The molecule has 0 saturated carbocycles. The average molecular weight is 466 g/mol. The highest BCUT2D eigenvalue weighted by molar-refractivity contribution is 5.95. The molecular weight excluding hydrogens is 442 g/mol. The Hall–Kier alpha value is -4.11. The van der Waals surface area contributed by atoms with E-state index in [4.69, 9.17) is 21.6 Å². The zero-order chi connectivity index (χ0) is 24.9. The van der Waals surface area contributed by atoms with Gasteiger partial charge in [0.05, 0.1) is 17.7 Å². The third kappa shape index (κ3) is 5.10. The van der Waals surface area contributed by atoms with Gasteiger partial charge < -0.3 is 21.5 Å². The van der Waals surface area contributed by atoms with Crippen LogP contribution in [-0.4, -0.2) is 24.8 Å². The molecule has 3 rings (SSSR count). The standard InChI is InChI=1S/C25H24F2N4O3/c1-34-25(24(30)33,14-16-7-9-17(10-8-16)23(28)29)21-18(26)11-12-19(22(21)27)31-20(32)13-15-5-3-2-4-6-15/h2-12H,13-14H2,1H3,(H3,28,29)(H2,30,33)(H,31,32). The number of hydrogen-bond donors (Lipinski definition) is 4. The number of methoxy groups -OCH3 is 1. The van der Waals surface area contributed by atoms with E-state index >= 15 is 4.39 Å². The molecule has 1 atom stereocenters. The van der Waals surface area contributed by atoms with Crippen LogP contribution in [0.25, 0.3) is 0 Å². The number of anilines is 1. The van der Waals surface area contributed by atoms with E-state index in [1.165, 1.54) is 12.1 Å². The topological polar surface area (TPSA) is 131 Å². The summed E-state index contributed by atoms with van der Waals surface area (Å²) >= 11 is 0. The van der Waals surface area contributed by atoms with Gasteiger partial charge in [-0.25, -0.2) is 8.78 Å². The Kier molecular flexibility index (Phi) is 7.37. The van der Waals surface area contributed by atoms with Crippen LogP contribution in [0.5, 0.6) is 0 Å². The van der Waals surface area contributed by atoms with Crippen molar-refractivity contribution in [2.75, 3.05) is 12.4 Å². The SMILES string of the molecule is COC(Cc1ccc(C(=N)N)cc1)(C(N)=O)c1c(F)ccc(NC(=O)Cc2ccccc2)c1F. The first kappa shape index (κ1) is 24.5. The highest BCUT2D eigenvalue weighted by Gasteiger charge is 2.44. The molecule has 6 N–H and O–H groups in total. The van der Waals surface area contributed by atoms with Gasteiger partial charge in [0.25, 0.3) is 5.91 Å². The molecule has 0 bridgehead atoms. The Labute approximate surface area is 195 Å². The maximum Gasteiger partial charge on any atom is 0.254 e. The first-order valence-corrected chi connectivity index (χ1v) is 10.3. The molecule has 9 heteroatoms. The van der Waals surface area contributed by atoms with Gasteiger partial charge in [-0.15, -0.1) is 0 Å². The van der Waals surface area contributed by atoms with Crippen LogP contribution < -0.4 is 16.8 Å². The number of nitrogens with two attached hydrogens (primary N) is 2. The molecule has 3 aromatic carbocycles. The average Bonchev–Trinajstić information content (AvgIpc) is 2.81. The van der Waals surface area contributed by atoms with Crippen LogP contribution in [0, 0.1) is 17.0 Å². The molecule has 176 valence electrons. The van der Waals surface area contributed by atoms with Gasteiger partial charge in [0.1, 0.15) is 11.7 Å². The number of amides is 2. The van der Waals surface area contributed by atoms with Crippen molar-refractivity contribution in [2.24, 2.45) is 11.5 Å². The van der Waals surface area contributed by atoms with E-state index in [9.17, 15) is 14.0 Å². The largest absolute Gasteiger partial charge is 0.384 e. The highest BCUT2D eigenvalue weighted by Crippen LogP contribution is 2.36. The molecule has 34 heavy (non-hydrogen) atoms. The van der Waals surface area contributed by atoms with E-state index < -0.39 is 34.6 Å². The fraction of sp³-hybridized carbons (Fsp3) is 0.160. The summed E-state index contributed by atoms with van der Waals surface area (Å²) in [7, 11) is 1.12. The molecule has 7 nitrogen and oxygen atoms in total. The zero-order valence-corrected chi connectivity index (χ0v) is 18.4. The minimum absolute atomic E-state index is 0.0271. The van der Waals surface area contributed by atoms with Crippen molar-refractivity contribution < 1.29 is 23.1 Å². The number of primary amides is 1. The zero-order valence-electron chi connectivity index (χ0n) is 18.4. The van der Waals surface area contributed by atoms with Crippen LogP contribution in [0.15, 0.2) is 66.7 Å². The van der Waals surface area contributed by atoms with Gasteiger partial charge in [0, 0.05) is 19.1 Å². The number of carbonyl (C=O) groups excluding carboxylic acids is 2. The molecule has 0 fully saturated rings. The molecule has 3 aromatic rings. The van der Waals surface area contributed by atoms with Crippen LogP contribution in [0.3, 0.4) is 0 Å². The Morgan fingerprint density at radius 3 is 2.18 bits per heavy atom. The van der Waals surface area contributed by atoms with E-state index in [1.807, 2.05) is 0 Å². The first-order chi connectivity index (χ1) is 16.2. The number of carbonyl (C=O) groups is 2. The minimum Gasteiger partial charge on any atom is -0.384 e. The third-order valence-electron chi connectivity index (χ3n) is 5.44. The molecule has 0 spiro atoms. The Morgan fingerprint density at radius 1 is 0.971 bits per heavy atom. The Bertz CT molecular complexity index is 1220. The minimum atomic E-state index is -2.20. The maximum absolute atomic E-state index is 15.6. The van der Waals surface area contributed by atoms with Gasteiger partial charge in [-0.3, -0.25) is 15.0 Å². The molecule has 0 radical (unpaired) electrons. The lowest BCUT2D eigenvalue weighted by Gasteiger charge is -2.31. The summed E-state index contributed by atoms with van der Waals surface area (Å²) in [6.07, 6.45) is -0.326. The predicted octanol–water partition coefficient (Wildman–Crippen LogP) is 3.00. The number of rotatable bonds is 9. The highest BCUT2D eigenvalue weighted by atomic mass is 19.1. The van der Waals surface area contributed by atoms with Gasteiger partial charge in [0.2, 0.25) is 5.91 Å². The number of amidine groups is 1. The molecule has 0 aliphatic carbocycles. The second-order valence-electron chi connectivity index (χ2n) is 7.68. The molecule has 0 saturated heterocycles. The molecule has 1 unspecified atom stereocenters. The molecule has 0 aliphatic heterocycles. The van der Waals surface area contributed by atoms with Crippen molar-refractivity contribution in [1.82, 2.24) is 0 Å². The number of nitrogens with one attached hydrogen (secondary N) is 2. The van der Waals surface area contributed by atoms with E-state index in [0.717, 1.165) is 19.2 Å². The van der Waals surface area contributed by atoms with E-state index in [0.29, 0.717) is 16.7 Å². The molecule has 2 amide bonds. The molecule has 0 aliphatic rings. The number of hydrogen-bond acceptors (Lipinski definition) is 4. The Balaban J connectivity index is 1.98. The van der Waals surface area contributed by atoms with Crippen molar-refractivity contribution in [3.63, 3.8) is 0 Å². The van der Waals surface area contributed by atoms with E-state index in [-0.39, 0.29) is 24.4 Å². The lowest BCUT2D eigenvalue weighted by molar-refractivity contribution is -0.142. The van der Waals surface area contributed by atoms with Crippen molar-refractivity contribution in [3.05, 3.63) is 101 Å². The van der Waals surface area contributed by atoms with Crippen molar-refractivity contribution in [1.29, 1.82) is 5.41 Å². The number of halogens is 2. The lowest BCUT2D eigenvalue weighted by Crippen LogP contribution is -2.46. The number of ether oxygens (including phenoxy) is 1. The smallest absolute Gasteiger partial charge is 0.254 e. The monoisotopic (exact) mass is 466 g/mol. The molecule has 0 aromatic heterocycles. The van der Waals surface area contributed by atoms with Gasteiger partial charge in [-0.1, -0.05) is 54.6 Å². The lowest BCUT2D eigenvalue weighted by atomic mass is 9.84.